The number of nitrogens with two attached hydrogens (primary N) is 1. The van der Waals surface area contributed by atoms with Crippen LogP contribution in [-0.4, -0.2) is 36.2 Å². The fraction of sp³-hybridized carbons (Fsp3) is 0.562. The van der Waals surface area contributed by atoms with Gasteiger partial charge in [-0.3, -0.25) is 4.79 Å². The van der Waals surface area contributed by atoms with Gasteiger partial charge in [0.2, 0.25) is 5.91 Å². The zero-order valence-electron chi connectivity index (χ0n) is 12.6. The molecule has 0 unspecified atom stereocenters. The number of quaternary nitrogens is 1. The molecule has 0 aromatic heterocycles. The minimum atomic E-state index is 0.131. The van der Waals surface area contributed by atoms with Crippen LogP contribution in [-0.2, 0) is 4.79 Å². The molecule has 0 radical (unpaired) electrons. The van der Waals surface area contributed by atoms with Crippen LogP contribution in [0.4, 0.5) is 0 Å². The largest absolute Gasteiger partial charge is 0.349 e. The SMILES string of the molecule is CC[C@H]1S[C@@H](c2ccc(C)cc2)N(CCC[NH2+]C)C1=O. The van der Waals surface area contributed by atoms with E-state index >= 15 is 0 Å². The fourth-order valence-corrected chi connectivity index (χ4v) is 3.97. The minimum absolute atomic E-state index is 0.131. The highest BCUT2D eigenvalue weighted by Gasteiger charge is 2.39. The van der Waals surface area contributed by atoms with Gasteiger partial charge in [-0.2, -0.15) is 0 Å². The van der Waals surface area contributed by atoms with Crippen LogP contribution in [0.25, 0.3) is 0 Å². The molecule has 110 valence electrons. The van der Waals surface area contributed by atoms with Gasteiger partial charge >= 0.3 is 0 Å². The minimum Gasteiger partial charge on any atom is -0.349 e. The lowest BCUT2D eigenvalue weighted by molar-refractivity contribution is -0.627. The Bertz CT molecular complexity index is 446. The van der Waals surface area contributed by atoms with Gasteiger partial charge in [0.25, 0.3) is 0 Å². The number of amides is 1. The number of carbonyl (C=O) groups is 1. The molecule has 20 heavy (non-hydrogen) atoms. The van der Waals surface area contributed by atoms with E-state index in [-0.39, 0.29) is 10.6 Å². The van der Waals surface area contributed by atoms with Gasteiger partial charge in [0.15, 0.2) is 0 Å². The second-order valence-electron chi connectivity index (χ2n) is 5.38. The standard InChI is InChI=1S/C16H24N2OS/c1-4-14-15(19)18(11-5-10-17-3)16(20-14)13-8-6-12(2)7-9-13/h6-9,14,16-17H,4-5,10-11H2,1-3H3/p+1/t14-,16+/m1/s1. The van der Waals surface area contributed by atoms with Crippen LogP contribution >= 0.6 is 11.8 Å². The first-order valence-electron chi connectivity index (χ1n) is 7.47. The summed E-state index contributed by atoms with van der Waals surface area (Å²) < 4.78 is 0. The molecule has 0 aliphatic carbocycles. The number of rotatable bonds is 6. The zero-order chi connectivity index (χ0) is 14.5. The predicted octanol–water partition coefficient (Wildman–Crippen LogP) is 1.93. The van der Waals surface area contributed by atoms with Crippen molar-refractivity contribution in [1.82, 2.24) is 4.90 Å². The van der Waals surface area contributed by atoms with E-state index in [9.17, 15) is 4.79 Å². The number of thioether (sulfide) groups is 1. The first-order valence-corrected chi connectivity index (χ1v) is 8.42. The molecule has 1 saturated heterocycles. The molecule has 0 bridgehead atoms. The van der Waals surface area contributed by atoms with Crippen molar-refractivity contribution in [2.24, 2.45) is 0 Å². The summed E-state index contributed by atoms with van der Waals surface area (Å²) in [7, 11) is 2.08. The number of benzene rings is 1. The van der Waals surface area contributed by atoms with Gasteiger partial charge in [-0.05, 0) is 18.9 Å². The Kier molecular flexibility index (Phi) is 5.49. The first kappa shape index (κ1) is 15.4. The molecule has 4 heteroatoms. The van der Waals surface area contributed by atoms with E-state index in [0.717, 1.165) is 25.9 Å². The normalized spacial score (nSPS) is 22.6. The molecule has 2 rings (SSSR count). The Morgan fingerprint density at radius 2 is 2.00 bits per heavy atom. The van der Waals surface area contributed by atoms with Crippen LogP contribution in [0.1, 0.15) is 36.3 Å². The predicted molar refractivity (Wildman–Crippen MR) is 84.6 cm³/mol. The van der Waals surface area contributed by atoms with Crippen molar-refractivity contribution in [2.45, 2.75) is 37.3 Å². The molecule has 1 fully saturated rings. The maximum Gasteiger partial charge on any atom is 0.236 e. The summed E-state index contributed by atoms with van der Waals surface area (Å²) >= 11 is 1.81. The molecule has 1 aliphatic heterocycles. The highest BCUT2D eigenvalue weighted by molar-refractivity contribution is 8.01. The van der Waals surface area contributed by atoms with Gasteiger partial charge in [0, 0.05) is 13.0 Å². The summed E-state index contributed by atoms with van der Waals surface area (Å²) in [6, 6.07) is 8.60. The summed E-state index contributed by atoms with van der Waals surface area (Å²) in [4.78, 5) is 14.6. The molecular weight excluding hydrogens is 268 g/mol. The number of hydrogen-bond donors (Lipinski definition) is 1. The van der Waals surface area contributed by atoms with Gasteiger partial charge in [-0.1, -0.05) is 36.8 Å². The molecule has 1 aromatic rings. The monoisotopic (exact) mass is 293 g/mol. The van der Waals surface area contributed by atoms with E-state index in [4.69, 9.17) is 0 Å². The summed E-state index contributed by atoms with van der Waals surface area (Å²) in [5.74, 6) is 0.319. The maximum atomic E-state index is 12.5. The second kappa shape index (κ2) is 7.14. The lowest BCUT2D eigenvalue weighted by atomic mass is 10.1. The van der Waals surface area contributed by atoms with Gasteiger partial charge in [0.1, 0.15) is 5.37 Å². The summed E-state index contributed by atoms with van der Waals surface area (Å²) in [5.41, 5.74) is 2.52. The van der Waals surface area contributed by atoms with Gasteiger partial charge in [-0.25, -0.2) is 0 Å². The number of carbonyl (C=O) groups excluding carboxylic acids is 1. The first-order chi connectivity index (χ1) is 9.67. The van der Waals surface area contributed by atoms with E-state index in [1.807, 2.05) is 11.8 Å². The molecule has 1 aromatic carbocycles. The quantitative estimate of drug-likeness (QED) is 0.814. The van der Waals surface area contributed by atoms with Crippen LogP contribution in [0.15, 0.2) is 24.3 Å². The van der Waals surface area contributed by atoms with Gasteiger partial charge in [-0.15, -0.1) is 11.8 Å². The van der Waals surface area contributed by atoms with Crippen molar-refractivity contribution in [3.8, 4) is 0 Å². The lowest BCUT2D eigenvalue weighted by Crippen LogP contribution is -2.79. The number of nitrogens with zero attached hydrogens (tertiary/aromatic N) is 1. The van der Waals surface area contributed by atoms with E-state index < -0.39 is 0 Å². The average Bonchev–Trinajstić information content (AvgIpc) is 2.77. The van der Waals surface area contributed by atoms with Crippen molar-refractivity contribution >= 4 is 17.7 Å². The van der Waals surface area contributed by atoms with Crippen molar-refractivity contribution in [3.63, 3.8) is 0 Å². The summed E-state index contributed by atoms with van der Waals surface area (Å²) in [6.07, 6.45) is 1.98. The third-order valence-corrected chi connectivity index (χ3v) is 5.41. The topological polar surface area (TPSA) is 36.9 Å². The molecule has 0 saturated carbocycles. The fourth-order valence-electron chi connectivity index (χ4n) is 2.54. The summed E-state index contributed by atoms with van der Waals surface area (Å²) in [6.45, 7) is 6.14. The van der Waals surface area contributed by atoms with E-state index in [2.05, 4.69) is 55.4 Å². The maximum absolute atomic E-state index is 12.5. The zero-order valence-corrected chi connectivity index (χ0v) is 13.5. The summed E-state index contributed by atoms with van der Waals surface area (Å²) in [5, 5.41) is 2.50. The Morgan fingerprint density at radius 1 is 1.30 bits per heavy atom. The highest BCUT2D eigenvalue weighted by atomic mass is 32.2. The molecule has 3 nitrogen and oxygen atoms in total. The molecule has 1 aliphatic rings. The van der Waals surface area contributed by atoms with E-state index in [0.29, 0.717) is 5.91 Å². The van der Waals surface area contributed by atoms with Crippen LogP contribution in [0.5, 0.6) is 0 Å². The van der Waals surface area contributed by atoms with Crippen LogP contribution in [0, 0.1) is 6.92 Å². The Balaban J connectivity index is 2.15. The molecule has 2 N–H and O–H groups in total. The number of hydrogen-bond acceptors (Lipinski definition) is 2. The molecule has 0 spiro atoms. The highest BCUT2D eigenvalue weighted by Crippen LogP contribution is 2.44. The molecule has 1 heterocycles. The average molecular weight is 293 g/mol. The smallest absolute Gasteiger partial charge is 0.236 e. The molecular formula is C16H25N2OS+. The number of aryl methyl sites for hydroxylation is 1. The van der Waals surface area contributed by atoms with Crippen molar-refractivity contribution in [3.05, 3.63) is 35.4 Å². The van der Waals surface area contributed by atoms with Crippen molar-refractivity contribution in [1.29, 1.82) is 0 Å². The van der Waals surface area contributed by atoms with Crippen molar-refractivity contribution < 1.29 is 10.1 Å². The molecule has 1 amide bonds. The Morgan fingerprint density at radius 3 is 2.60 bits per heavy atom. The third-order valence-electron chi connectivity index (χ3n) is 3.76. The Labute approximate surface area is 126 Å². The second-order valence-corrected chi connectivity index (χ2v) is 6.67. The van der Waals surface area contributed by atoms with Crippen molar-refractivity contribution in [2.75, 3.05) is 20.1 Å². The van der Waals surface area contributed by atoms with Crippen LogP contribution in [0.3, 0.4) is 0 Å². The third kappa shape index (κ3) is 3.36. The Hall–Kier alpha value is -1.00. The van der Waals surface area contributed by atoms with Crippen LogP contribution in [0.2, 0.25) is 0 Å². The lowest BCUT2D eigenvalue weighted by Gasteiger charge is -2.24. The van der Waals surface area contributed by atoms with Gasteiger partial charge in [0.05, 0.1) is 18.8 Å². The molecule has 2 atom stereocenters. The van der Waals surface area contributed by atoms with E-state index in [1.54, 1.807) is 0 Å². The van der Waals surface area contributed by atoms with E-state index in [1.165, 1.54) is 11.1 Å². The van der Waals surface area contributed by atoms with Crippen LogP contribution < -0.4 is 5.32 Å². The van der Waals surface area contributed by atoms with Gasteiger partial charge < -0.3 is 10.2 Å².